The third kappa shape index (κ3) is 2.51. The smallest absolute Gasteiger partial charge is 0.228 e. The largest absolute Gasteiger partial charge is 0.480 e. The highest BCUT2D eigenvalue weighted by molar-refractivity contribution is 6.30. The molecule has 4 rings (SSSR count). The second-order valence-corrected chi connectivity index (χ2v) is 6.09. The average Bonchev–Trinajstić information content (AvgIpc) is 3.22. The first-order valence-corrected chi connectivity index (χ1v) is 8.08. The first-order chi connectivity index (χ1) is 11.3. The molecule has 6 heteroatoms. The number of anilines is 1. The second-order valence-electron chi connectivity index (χ2n) is 5.66. The zero-order valence-electron chi connectivity index (χ0n) is 12.8. The van der Waals surface area contributed by atoms with Crippen molar-refractivity contribution in [2.45, 2.75) is 12.8 Å². The van der Waals surface area contributed by atoms with Crippen molar-refractivity contribution in [3.05, 3.63) is 35.5 Å². The molecule has 0 saturated carbocycles. The number of hydrogen-bond donors (Lipinski definition) is 1. The molecule has 0 unspecified atom stereocenters. The van der Waals surface area contributed by atoms with Gasteiger partial charge in [0.2, 0.25) is 5.88 Å². The zero-order valence-corrected chi connectivity index (χ0v) is 13.6. The van der Waals surface area contributed by atoms with E-state index in [4.69, 9.17) is 16.3 Å². The minimum absolute atomic E-state index is 0.591. The summed E-state index contributed by atoms with van der Waals surface area (Å²) in [7, 11) is 1.64. The number of nitrogens with one attached hydrogen (secondary N) is 1. The van der Waals surface area contributed by atoms with Gasteiger partial charge in [-0.25, -0.2) is 4.98 Å². The molecule has 0 spiro atoms. The number of aromatic nitrogens is 3. The summed E-state index contributed by atoms with van der Waals surface area (Å²) in [5.41, 5.74) is 2.77. The second kappa shape index (κ2) is 5.74. The number of H-pyrrole nitrogens is 1. The van der Waals surface area contributed by atoms with Crippen LogP contribution in [0.3, 0.4) is 0 Å². The van der Waals surface area contributed by atoms with Crippen molar-refractivity contribution in [3.8, 4) is 17.3 Å². The molecule has 1 saturated heterocycles. The molecule has 0 amide bonds. The topological polar surface area (TPSA) is 54.0 Å². The van der Waals surface area contributed by atoms with Crippen LogP contribution >= 0.6 is 11.6 Å². The van der Waals surface area contributed by atoms with E-state index in [1.165, 1.54) is 12.8 Å². The number of halogens is 1. The van der Waals surface area contributed by atoms with E-state index in [0.29, 0.717) is 16.7 Å². The first kappa shape index (κ1) is 14.3. The summed E-state index contributed by atoms with van der Waals surface area (Å²) in [6.07, 6.45) is 4.43. The van der Waals surface area contributed by atoms with E-state index in [2.05, 4.69) is 19.9 Å². The van der Waals surface area contributed by atoms with Crippen LogP contribution in [0.5, 0.6) is 5.88 Å². The minimum Gasteiger partial charge on any atom is -0.480 e. The van der Waals surface area contributed by atoms with Crippen LogP contribution in [-0.4, -0.2) is 35.2 Å². The maximum Gasteiger partial charge on any atom is 0.228 e. The van der Waals surface area contributed by atoms with Crippen molar-refractivity contribution in [1.29, 1.82) is 0 Å². The molecule has 3 heterocycles. The fourth-order valence-electron chi connectivity index (χ4n) is 3.10. The molecule has 1 aromatic carbocycles. The molecule has 1 aliphatic rings. The molecule has 1 N–H and O–H groups in total. The first-order valence-electron chi connectivity index (χ1n) is 7.70. The van der Waals surface area contributed by atoms with Gasteiger partial charge in [-0.1, -0.05) is 23.7 Å². The summed E-state index contributed by atoms with van der Waals surface area (Å²) in [5, 5.41) is 1.61. The lowest BCUT2D eigenvalue weighted by Crippen LogP contribution is -2.17. The molecule has 1 aliphatic heterocycles. The molecule has 3 aromatic rings. The number of methoxy groups -OCH3 is 1. The number of ether oxygens (including phenoxy) is 1. The quantitative estimate of drug-likeness (QED) is 0.792. The van der Waals surface area contributed by atoms with E-state index in [1.54, 1.807) is 7.11 Å². The van der Waals surface area contributed by atoms with Gasteiger partial charge < -0.3 is 14.6 Å². The van der Waals surface area contributed by atoms with E-state index >= 15 is 0 Å². The molecule has 118 valence electrons. The number of nitrogens with zero attached hydrogens (tertiary/aromatic N) is 3. The Labute approximate surface area is 139 Å². The fraction of sp³-hybridized carbons (Fsp3) is 0.294. The molecule has 23 heavy (non-hydrogen) atoms. The number of rotatable bonds is 3. The molecule has 0 atom stereocenters. The van der Waals surface area contributed by atoms with Gasteiger partial charge in [0.05, 0.1) is 12.8 Å². The van der Waals surface area contributed by atoms with Crippen molar-refractivity contribution >= 4 is 28.3 Å². The maximum absolute atomic E-state index is 6.08. The van der Waals surface area contributed by atoms with Gasteiger partial charge in [-0.15, -0.1) is 0 Å². The lowest BCUT2D eigenvalue weighted by atomic mass is 10.2. The summed E-state index contributed by atoms with van der Waals surface area (Å²) >= 11 is 6.08. The van der Waals surface area contributed by atoms with Crippen molar-refractivity contribution < 1.29 is 4.74 Å². The van der Waals surface area contributed by atoms with E-state index in [9.17, 15) is 0 Å². The Morgan fingerprint density at radius 1 is 1.22 bits per heavy atom. The summed E-state index contributed by atoms with van der Waals surface area (Å²) in [6, 6.07) is 7.52. The molecule has 1 fully saturated rings. The Kier molecular flexibility index (Phi) is 3.58. The van der Waals surface area contributed by atoms with Crippen molar-refractivity contribution in [1.82, 2.24) is 15.0 Å². The SMILES string of the molecule is COc1nc(-c2cccc(Cl)c2)nc2[nH]cc(N3CCCC3)c12. The Hall–Kier alpha value is -2.27. The standard InChI is InChI=1S/C17H17ClN4O/c1-23-17-14-13(22-7-2-3-8-22)10-19-16(14)20-15(21-17)11-5-4-6-12(18)9-11/h4-6,9-10H,2-3,7-8H2,1H3,(H,19,20,21). The number of hydrogen-bond acceptors (Lipinski definition) is 4. The van der Waals surface area contributed by atoms with Crippen LogP contribution in [0, 0.1) is 0 Å². The lowest BCUT2D eigenvalue weighted by molar-refractivity contribution is 0.403. The van der Waals surface area contributed by atoms with Crippen LogP contribution in [-0.2, 0) is 0 Å². The third-order valence-corrected chi connectivity index (χ3v) is 4.44. The summed E-state index contributed by atoms with van der Waals surface area (Å²) < 4.78 is 5.55. The van der Waals surface area contributed by atoms with Crippen LogP contribution in [0.25, 0.3) is 22.4 Å². The Morgan fingerprint density at radius 2 is 2.04 bits per heavy atom. The maximum atomic E-state index is 6.08. The molecule has 0 radical (unpaired) electrons. The van der Waals surface area contributed by atoms with Gasteiger partial charge >= 0.3 is 0 Å². The van der Waals surface area contributed by atoms with Crippen LogP contribution < -0.4 is 9.64 Å². The molecule has 5 nitrogen and oxygen atoms in total. The van der Waals surface area contributed by atoms with E-state index < -0.39 is 0 Å². The predicted octanol–water partition coefficient (Wildman–Crippen LogP) is 3.89. The fourth-order valence-corrected chi connectivity index (χ4v) is 3.29. The number of fused-ring (bicyclic) bond motifs is 1. The van der Waals surface area contributed by atoms with E-state index in [1.807, 2.05) is 30.5 Å². The molecular weight excluding hydrogens is 312 g/mol. The number of aromatic amines is 1. The van der Waals surface area contributed by atoms with Crippen LogP contribution in [0.2, 0.25) is 5.02 Å². The van der Waals surface area contributed by atoms with E-state index in [0.717, 1.165) is 35.4 Å². The predicted molar refractivity (Wildman–Crippen MR) is 92.3 cm³/mol. The normalized spacial score (nSPS) is 14.6. The third-order valence-electron chi connectivity index (χ3n) is 4.20. The monoisotopic (exact) mass is 328 g/mol. The molecular formula is C17H17ClN4O. The van der Waals surface area contributed by atoms with Crippen LogP contribution in [0.15, 0.2) is 30.5 Å². The molecule has 0 aliphatic carbocycles. The van der Waals surface area contributed by atoms with Gasteiger partial charge in [0.15, 0.2) is 5.82 Å². The van der Waals surface area contributed by atoms with Crippen molar-refractivity contribution in [2.24, 2.45) is 0 Å². The summed E-state index contributed by atoms with van der Waals surface area (Å²) in [5.74, 6) is 1.19. The Bertz CT molecular complexity index is 855. The number of benzene rings is 1. The highest BCUT2D eigenvalue weighted by atomic mass is 35.5. The van der Waals surface area contributed by atoms with Crippen LogP contribution in [0.1, 0.15) is 12.8 Å². The average molecular weight is 329 g/mol. The summed E-state index contributed by atoms with van der Waals surface area (Å²) in [4.78, 5) is 14.9. The summed E-state index contributed by atoms with van der Waals surface area (Å²) in [6.45, 7) is 2.12. The Balaban J connectivity index is 1.87. The Morgan fingerprint density at radius 3 is 2.78 bits per heavy atom. The van der Waals surface area contributed by atoms with Gasteiger partial charge in [-0.2, -0.15) is 4.98 Å². The van der Waals surface area contributed by atoms with Gasteiger partial charge in [0.1, 0.15) is 11.0 Å². The highest BCUT2D eigenvalue weighted by Crippen LogP contribution is 2.35. The van der Waals surface area contributed by atoms with Gasteiger partial charge in [-0.05, 0) is 25.0 Å². The van der Waals surface area contributed by atoms with Crippen molar-refractivity contribution in [3.63, 3.8) is 0 Å². The van der Waals surface area contributed by atoms with E-state index in [-0.39, 0.29) is 0 Å². The van der Waals surface area contributed by atoms with Gasteiger partial charge in [-0.3, -0.25) is 0 Å². The van der Waals surface area contributed by atoms with Gasteiger partial charge in [0.25, 0.3) is 0 Å². The molecule has 0 bridgehead atoms. The minimum atomic E-state index is 0.591. The van der Waals surface area contributed by atoms with Gasteiger partial charge in [0, 0.05) is 29.9 Å². The highest BCUT2D eigenvalue weighted by Gasteiger charge is 2.21. The van der Waals surface area contributed by atoms with Crippen molar-refractivity contribution in [2.75, 3.05) is 25.1 Å². The lowest BCUT2D eigenvalue weighted by Gasteiger charge is -2.16. The van der Waals surface area contributed by atoms with Crippen LogP contribution in [0.4, 0.5) is 5.69 Å². The zero-order chi connectivity index (χ0) is 15.8. The molecule has 2 aromatic heterocycles.